The smallest absolute Gasteiger partial charge is 0.377 e. The van der Waals surface area contributed by atoms with Crippen LogP contribution in [0.1, 0.15) is 10.6 Å². The van der Waals surface area contributed by atoms with Crippen LogP contribution < -0.4 is 4.74 Å². The third-order valence-corrected chi connectivity index (χ3v) is 3.11. The van der Waals surface area contributed by atoms with Crippen LogP contribution in [-0.4, -0.2) is 20.2 Å². The van der Waals surface area contributed by atoms with Crippen LogP contribution in [0.2, 0.25) is 0 Å². The number of hydrogen-bond donors (Lipinski definition) is 0. The number of hydrogen-bond acceptors (Lipinski definition) is 4. The molecular weight excluding hydrogens is 244 g/mol. The Kier molecular flexibility index (Phi) is 2.63. The zero-order valence-electron chi connectivity index (χ0n) is 10.6. The van der Waals surface area contributed by atoms with Crippen molar-refractivity contribution < 1.29 is 18.7 Å². The SMILES string of the molecule is COC(=O)c1oc2ccc3ccccc3c2c1OC. The summed E-state index contributed by atoms with van der Waals surface area (Å²) in [6, 6.07) is 11.6. The number of benzene rings is 2. The monoisotopic (exact) mass is 256 g/mol. The standard InChI is InChI=1S/C15H12O4/c1-17-13-12-10-6-4-3-5-9(10)7-8-11(12)19-14(13)15(16)18-2/h3-8H,1-2H3. The number of rotatable bonds is 2. The fraction of sp³-hybridized carbons (Fsp3) is 0.133. The van der Waals surface area contributed by atoms with Gasteiger partial charge in [0.2, 0.25) is 0 Å². The number of carbonyl (C=O) groups is 1. The molecule has 0 aliphatic carbocycles. The number of carbonyl (C=O) groups excluding carboxylic acids is 1. The third kappa shape index (κ3) is 1.64. The average molecular weight is 256 g/mol. The van der Waals surface area contributed by atoms with Crippen LogP contribution >= 0.6 is 0 Å². The summed E-state index contributed by atoms with van der Waals surface area (Å²) in [7, 11) is 2.82. The summed E-state index contributed by atoms with van der Waals surface area (Å²) in [6.07, 6.45) is 0. The van der Waals surface area contributed by atoms with E-state index in [0.717, 1.165) is 16.2 Å². The van der Waals surface area contributed by atoms with E-state index in [9.17, 15) is 4.79 Å². The molecule has 4 nitrogen and oxygen atoms in total. The maximum Gasteiger partial charge on any atom is 0.377 e. The Labute approximate surface area is 109 Å². The second kappa shape index (κ2) is 4.31. The van der Waals surface area contributed by atoms with Gasteiger partial charge in [0.25, 0.3) is 5.76 Å². The summed E-state index contributed by atoms with van der Waals surface area (Å²) in [5.41, 5.74) is 0.607. The maximum absolute atomic E-state index is 11.7. The Bertz CT molecular complexity index is 770. The van der Waals surface area contributed by atoms with E-state index in [1.165, 1.54) is 14.2 Å². The highest BCUT2D eigenvalue weighted by Crippen LogP contribution is 2.38. The second-order valence-electron chi connectivity index (χ2n) is 4.12. The third-order valence-electron chi connectivity index (χ3n) is 3.11. The van der Waals surface area contributed by atoms with Crippen LogP contribution in [0, 0.1) is 0 Å². The number of ether oxygens (including phenoxy) is 2. The van der Waals surface area contributed by atoms with Crippen molar-refractivity contribution in [3.8, 4) is 5.75 Å². The molecule has 0 saturated carbocycles. The molecule has 0 radical (unpaired) electrons. The van der Waals surface area contributed by atoms with Crippen molar-refractivity contribution in [2.75, 3.05) is 14.2 Å². The van der Waals surface area contributed by atoms with E-state index in [2.05, 4.69) is 0 Å². The van der Waals surface area contributed by atoms with E-state index < -0.39 is 5.97 Å². The Hall–Kier alpha value is -2.49. The Morgan fingerprint density at radius 2 is 1.89 bits per heavy atom. The minimum Gasteiger partial charge on any atom is -0.492 e. The van der Waals surface area contributed by atoms with E-state index >= 15 is 0 Å². The molecule has 2 aromatic carbocycles. The van der Waals surface area contributed by atoms with Crippen molar-refractivity contribution >= 4 is 27.7 Å². The second-order valence-corrected chi connectivity index (χ2v) is 4.12. The number of furan rings is 1. The van der Waals surface area contributed by atoms with E-state index in [1.807, 2.05) is 36.4 Å². The van der Waals surface area contributed by atoms with Crippen LogP contribution in [0.15, 0.2) is 40.8 Å². The molecule has 96 valence electrons. The minimum atomic E-state index is -0.544. The lowest BCUT2D eigenvalue weighted by Crippen LogP contribution is -2.01. The summed E-state index contributed by atoms with van der Waals surface area (Å²) in [6.45, 7) is 0. The molecule has 0 fully saturated rings. The van der Waals surface area contributed by atoms with Crippen molar-refractivity contribution in [3.05, 3.63) is 42.2 Å². The van der Waals surface area contributed by atoms with E-state index in [4.69, 9.17) is 13.9 Å². The largest absolute Gasteiger partial charge is 0.492 e. The average Bonchev–Trinajstić information content (AvgIpc) is 2.85. The van der Waals surface area contributed by atoms with Gasteiger partial charge in [-0.25, -0.2) is 4.79 Å². The summed E-state index contributed by atoms with van der Waals surface area (Å²) in [5.74, 6) is -0.0351. The van der Waals surface area contributed by atoms with Gasteiger partial charge in [0.15, 0.2) is 5.75 Å². The van der Waals surface area contributed by atoms with E-state index in [-0.39, 0.29) is 5.76 Å². The molecular formula is C15H12O4. The molecule has 0 unspecified atom stereocenters. The minimum absolute atomic E-state index is 0.0938. The molecule has 0 N–H and O–H groups in total. The molecule has 0 bridgehead atoms. The van der Waals surface area contributed by atoms with E-state index in [0.29, 0.717) is 11.3 Å². The fourth-order valence-corrected chi connectivity index (χ4v) is 2.26. The van der Waals surface area contributed by atoms with Gasteiger partial charge in [-0.1, -0.05) is 30.3 Å². The van der Waals surface area contributed by atoms with E-state index in [1.54, 1.807) is 0 Å². The molecule has 0 saturated heterocycles. The van der Waals surface area contributed by atoms with Crippen LogP contribution in [0.4, 0.5) is 0 Å². The summed E-state index contributed by atoms with van der Waals surface area (Å²) < 4.78 is 15.6. The highest BCUT2D eigenvalue weighted by Gasteiger charge is 2.23. The Morgan fingerprint density at radius 3 is 2.63 bits per heavy atom. The molecule has 19 heavy (non-hydrogen) atoms. The highest BCUT2D eigenvalue weighted by atomic mass is 16.5. The first-order valence-electron chi connectivity index (χ1n) is 5.83. The molecule has 0 amide bonds. The normalized spacial score (nSPS) is 10.8. The first kappa shape index (κ1) is 11.6. The van der Waals surface area contributed by atoms with Gasteiger partial charge in [-0.3, -0.25) is 0 Å². The highest BCUT2D eigenvalue weighted by molar-refractivity contribution is 6.12. The zero-order valence-corrected chi connectivity index (χ0v) is 10.6. The van der Waals surface area contributed by atoms with Crippen molar-refractivity contribution in [1.29, 1.82) is 0 Å². The molecule has 0 spiro atoms. The predicted molar refractivity (Wildman–Crippen MR) is 71.6 cm³/mol. The lowest BCUT2D eigenvalue weighted by molar-refractivity contribution is 0.0563. The quantitative estimate of drug-likeness (QED) is 0.659. The first-order valence-corrected chi connectivity index (χ1v) is 5.83. The molecule has 0 aliphatic rings. The lowest BCUT2D eigenvalue weighted by atomic mass is 10.1. The number of fused-ring (bicyclic) bond motifs is 3. The van der Waals surface area contributed by atoms with Gasteiger partial charge in [-0.2, -0.15) is 0 Å². The molecule has 4 heteroatoms. The Morgan fingerprint density at radius 1 is 1.11 bits per heavy atom. The van der Waals surface area contributed by atoms with Crippen LogP contribution in [0.3, 0.4) is 0 Å². The summed E-state index contributed by atoms with van der Waals surface area (Å²) in [5, 5.41) is 2.84. The van der Waals surface area contributed by atoms with Crippen LogP contribution in [-0.2, 0) is 4.74 Å². The number of methoxy groups -OCH3 is 2. The van der Waals surface area contributed by atoms with Gasteiger partial charge < -0.3 is 13.9 Å². The molecule has 3 rings (SSSR count). The molecule has 3 aromatic rings. The Balaban J connectivity index is 2.45. The van der Waals surface area contributed by atoms with Crippen molar-refractivity contribution in [1.82, 2.24) is 0 Å². The van der Waals surface area contributed by atoms with Gasteiger partial charge in [-0.15, -0.1) is 0 Å². The molecule has 1 aromatic heterocycles. The van der Waals surface area contributed by atoms with Crippen molar-refractivity contribution in [2.24, 2.45) is 0 Å². The van der Waals surface area contributed by atoms with Crippen molar-refractivity contribution in [2.45, 2.75) is 0 Å². The first-order chi connectivity index (χ1) is 9.26. The van der Waals surface area contributed by atoms with Gasteiger partial charge in [-0.05, 0) is 16.8 Å². The molecule has 0 aliphatic heterocycles. The predicted octanol–water partition coefficient (Wildman–Crippen LogP) is 3.38. The maximum atomic E-state index is 11.7. The molecule has 1 heterocycles. The van der Waals surface area contributed by atoms with Gasteiger partial charge in [0, 0.05) is 0 Å². The van der Waals surface area contributed by atoms with Crippen LogP contribution in [0.25, 0.3) is 21.7 Å². The topological polar surface area (TPSA) is 48.7 Å². The molecule has 0 atom stereocenters. The number of esters is 1. The van der Waals surface area contributed by atoms with Gasteiger partial charge in [0.05, 0.1) is 19.6 Å². The van der Waals surface area contributed by atoms with Gasteiger partial charge in [0.1, 0.15) is 5.58 Å². The lowest BCUT2D eigenvalue weighted by Gasteiger charge is -2.01. The zero-order chi connectivity index (χ0) is 13.4. The van der Waals surface area contributed by atoms with Gasteiger partial charge >= 0.3 is 5.97 Å². The summed E-state index contributed by atoms with van der Waals surface area (Å²) in [4.78, 5) is 11.7. The van der Waals surface area contributed by atoms with Crippen molar-refractivity contribution in [3.63, 3.8) is 0 Å². The fourth-order valence-electron chi connectivity index (χ4n) is 2.26. The van der Waals surface area contributed by atoms with Crippen LogP contribution in [0.5, 0.6) is 5.75 Å². The summed E-state index contributed by atoms with van der Waals surface area (Å²) >= 11 is 0.